The summed E-state index contributed by atoms with van der Waals surface area (Å²) in [5.74, 6) is -0.258. The summed E-state index contributed by atoms with van der Waals surface area (Å²) in [6, 6.07) is 43.6. The summed E-state index contributed by atoms with van der Waals surface area (Å²) in [6.07, 6.45) is 15.7. The van der Waals surface area contributed by atoms with Gasteiger partial charge in [-0.3, -0.25) is 4.79 Å². The highest BCUT2D eigenvalue weighted by Crippen LogP contribution is 2.45. The second kappa shape index (κ2) is 22.5. The molecule has 5 atom stereocenters. The van der Waals surface area contributed by atoms with Crippen LogP contribution >= 0.6 is 0 Å². The minimum absolute atomic E-state index is 0.0510. The van der Waals surface area contributed by atoms with E-state index in [-0.39, 0.29) is 40.1 Å². The van der Waals surface area contributed by atoms with Gasteiger partial charge in [-0.15, -0.1) is 0 Å². The van der Waals surface area contributed by atoms with Gasteiger partial charge < -0.3 is 18.7 Å². The van der Waals surface area contributed by atoms with Crippen LogP contribution in [0, 0.1) is 11.8 Å². The Hall–Kier alpha value is -3.86. The molecule has 328 valence electrons. The van der Waals surface area contributed by atoms with Crippen LogP contribution < -0.4 is 20.7 Å². The van der Waals surface area contributed by atoms with Crippen LogP contribution in [0.4, 0.5) is 0 Å². The maximum Gasteiger partial charge on any atom is 0.305 e. The SMILES string of the molecule is CCCCC[C@H](/C=C\[C@@H]1[C@H](C/C=C\CCCC(=O)OCC)C(O)C[C@H]1O[Si](c1ccccc1)(c1ccccc1)C(C)(C)C)O[Si](c1ccccc1)(c1ccccc1)C(C)(C)C. The highest BCUT2D eigenvalue weighted by atomic mass is 28.4. The zero-order valence-corrected chi connectivity index (χ0v) is 40.4. The highest BCUT2D eigenvalue weighted by molar-refractivity contribution is 7.00. The molecule has 1 fully saturated rings. The Kier molecular flexibility index (Phi) is 17.8. The van der Waals surface area contributed by atoms with Crippen LogP contribution in [0.1, 0.15) is 113 Å². The molecule has 1 aliphatic carbocycles. The molecular weight excluding hydrogens is 785 g/mol. The zero-order valence-electron chi connectivity index (χ0n) is 38.4. The van der Waals surface area contributed by atoms with Crippen LogP contribution in [0.2, 0.25) is 10.1 Å². The molecule has 1 unspecified atom stereocenters. The molecule has 0 bridgehead atoms. The molecule has 4 aromatic rings. The molecule has 5 rings (SSSR count). The molecule has 0 heterocycles. The van der Waals surface area contributed by atoms with Crippen molar-refractivity contribution >= 4 is 43.4 Å². The van der Waals surface area contributed by atoms with Crippen LogP contribution in [-0.2, 0) is 18.4 Å². The van der Waals surface area contributed by atoms with Crippen molar-refractivity contribution in [3.63, 3.8) is 0 Å². The maximum absolute atomic E-state index is 12.1. The number of hydrogen-bond acceptors (Lipinski definition) is 5. The Balaban J connectivity index is 1.60. The molecule has 1 saturated carbocycles. The number of aliphatic hydroxyl groups is 1. The summed E-state index contributed by atoms with van der Waals surface area (Å²) >= 11 is 0. The zero-order chi connectivity index (χ0) is 43.9. The van der Waals surface area contributed by atoms with Gasteiger partial charge >= 0.3 is 5.97 Å². The van der Waals surface area contributed by atoms with E-state index in [1.165, 1.54) is 20.7 Å². The van der Waals surface area contributed by atoms with Gasteiger partial charge in [0, 0.05) is 12.3 Å². The Morgan fingerprint density at radius 2 is 1.20 bits per heavy atom. The van der Waals surface area contributed by atoms with Gasteiger partial charge in [-0.1, -0.05) is 213 Å². The Bertz CT molecular complexity index is 1860. The lowest BCUT2D eigenvalue weighted by molar-refractivity contribution is -0.143. The third kappa shape index (κ3) is 11.8. The molecule has 0 radical (unpaired) electrons. The fourth-order valence-electron chi connectivity index (χ4n) is 9.66. The van der Waals surface area contributed by atoms with Crippen molar-refractivity contribution in [1.82, 2.24) is 0 Å². The van der Waals surface area contributed by atoms with E-state index in [1.54, 1.807) is 0 Å². The summed E-state index contributed by atoms with van der Waals surface area (Å²) in [6.45, 7) is 18.5. The van der Waals surface area contributed by atoms with Crippen molar-refractivity contribution in [2.24, 2.45) is 11.8 Å². The first kappa shape index (κ1) is 48.2. The predicted molar refractivity (Wildman–Crippen MR) is 260 cm³/mol. The van der Waals surface area contributed by atoms with Gasteiger partial charge in [0.15, 0.2) is 0 Å². The van der Waals surface area contributed by atoms with Crippen molar-refractivity contribution in [2.75, 3.05) is 6.61 Å². The molecule has 0 amide bonds. The first-order valence-corrected chi connectivity index (χ1v) is 26.8. The molecule has 4 aromatic carbocycles. The van der Waals surface area contributed by atoms with E-state index < -0.39 is 22.7 Å². The third-order valence-corrected chi connectivity index (χ3v) is 22.8. The van der Waals surface area contributed by atoms with E-state index in [0.29, 0.717) is 25.9 Å². The number of hydrogen-bond donors (Lipinski definition) is 1. The van der Waals surface area contributed by atoms with Gasteiger partial charge in [0.2, 0.25) is 0 Å². The van der Waals surface area contributed by atoms with E-state index >= 15 is 0 Å². The summed E-state index contributed by atoms with van der Waals surface area (Å²) in [5, 5.41) is 16.8. The normalized spacial score (nSPS) is 19.4. The largest absolute Gasteiger partial charge is 0.466 e. The van der Waals surface area contributed by atoms with Crippen molar-refractivity contribution in [1.29, 1.82) is 0 Å². The number of carbonyl (C=O) groups excluding carboxylic acids is 1. The van der Waals surface area contributed by atoms with Crippen LogP contribution in [0.15, 0.2) is 146 Å². The third-order valence-electron chi connectivity index (χ3n) is 12.7. The molecule has 7 heteroatoms. The molecule has 1 N–H and O–H groups in total. The highest BCUT2D eigenvalue weighted by Gasteiger charge is 2.55. The van der Waals surface area contributed by atoms with Crippen molar-refractivity contribution in [2.45, 2.75) is 142 Å². The lowest BCUT2D eigenvalue weighted by Crippen LogP contribution is -2.68. The number of unbranched alkanes of at least 4 members (excludes halogenated alkanes) is 3. The van der Waals surface area contributed by atoms with Gasteiger partial charge in [0.05, 0.1) is 24.9 Å². The van der Waals surface area contributed by atoms with Crippen molar-refractivity contribution in [3.8, 4) is 0 Å². The Labute approximate surface area is 370 Å². The average molecular weight is 859 g/mol. The number of ether oxygens (including phenoxy) is 1. The predicted octanol–water partition coefficient (Wildman–Crippen LogP) is 10.7. The number of benzene rings is 4. The van der Waals surface area contributed by atoms with Gasteiger partial charge in [-0.2, -0.15) is 0 Å². The minimum Gasteiger partial charge on any atom is -0.466 e. The molecule has 5 nitrogen and oxygen atoms in total. The summed E-state index contributed by atoms with van der Waals surface area (Å²) in [5.41, 5.74) is 0. The first-order chi connectivity index (χ1) is 29.3. The van der Waals surface area contributed by atoms with Crippen molar-refractivity contribution in [3.05, 3.63) is 146 Å². The summed E-state index contributed by atoms with van der Waals surface area (Å²) in [7, 11) is -5.81. The van der Waals surface area contributed by atoms with Crippen LogP contribution in [0.3, 0.4) is 0 Å². The van der Waals surface area contributed by atoms with Gasteiger partial charge in [-0.25, -0.2) is 0 Å². The van der Waals surface area contributed by atoms with Crippen LogP contribution in [-0.4, -0.2) is 52.6 Å². The number of esters is 1. The number of carbonyl (C=O) groups is 1. The molecule has 0 spiro atoms. The molecule has 0 aliphatic heterocycles. The number of rotatable bonds is 21. The van der Waals surface area contributed by atoms with E-state index in [0.717, 1.165) is 38.5 Å². The van der Waals surface area contributed by atoms with E-state index in [9.17, 15) is 9.90 Å². The monoisotopic (exact) mass is 859 g/mol. The van der Waals surface area contributed by atoms with Crippen molar-refractivity contribution < 1.29 is 23.5 Å². The topological polar surface area (TPSA) is 65.0 Å². The summed E-state index contributed by atoms with van der Waals surface area (Å²) < 4.78 is 20.9. The van der Waals surface area contributed by atoms with Gasteiger partial charge in [0.25, 0.3) is 16.6 Å². The second-order valence-corrected chi connectivity index (χ2v) is 27.5. The van der Waals surface area contributed by atoms with E-state index in [2.05, 4.69) is 194 Å². The molecular formula is C54H74O5Si2. The molecule has 0 saturated heterocycles. The standard InChI is InChI=1S/C54H74O5Si2/c1-9-11-18-29-43(58-60(53(3,4)5,44-30-19-14-20-31-44)45-32-21-15-22-33-45)40-41-49-48(38-27-12-13-28-39-52(56)57-10-2)50(55)42-51(49)59-61(54(6,7)8,46-34-23-16-24-35-46)47-36-25-17-26-37-47/h12,14-17,19-27,30-37,40-41,43,48-51,55H,9-11,13,18,28-29,38-39,42H2,1-8H3/b27-12-,41-40-/t43-,48+,49-,50?,51-/m1/s1. The lowest BCUT2D eigenvalue weighted by atomic mass is 9.89. The first-order valence-electron chi connectivity index (χ1n) is 23.0. The molecule has 0 aromatic heterocycles. The smallest absolute Gasteiger partial charge is 0.305 e. The van der Waals surface area contributed by atoms with Crippen LogP contribution in [0.5, 0.6) is 0 Å². The lowest BCUT2D eigenvalue weighted by Gasteiger charge is -2.46. The Morgan fingerprint density at radius 3 is 1.66 bits per heavy atom. The molecule has 61 heavy (non-hydrogen) atoms. The quantitative estimate of drug-likeness (QED) is 0.0391. The number of aliphatic hydroxyl groups excluding tert-OH is 1. The van der Waals surface area contributed by atoms with Crippen LogP contribution in [0.25, 0.3) is 0 Å². The number of allylic oxidation sites excluding steroid dienone is 2. The maximum atomic E-state index is 12.1. The Morgan fingerprint density at radius 1 is 0.705 bits per heavy atom. The second-order valence-electron chi connectivity index (χ2n) is 19.0. The fourth-order valence-corrected chi connectivity index (χ4v) is 19.0. The van der Waals surface area contributed by atoms with Gasteiger partial charge in [-0.05, 0) is 75.8 Å². The minimum atomic E-state index is -2.95. The van der Waals surface area contributed by atoms with Gasteiger partial charge in [0.1, 0.15) is 0 Å². The van der Waals surface area contributed by atoms with E-state index in [1.807, 2.05) is 6.92 Å². The van der Waals surface area contributed by atoms with E-state index in [4.69, 9.17) is 13.6 Å². The average Bonchev–Trinajstić information content (AvgIpc) is 3.54. The summed E-state index contributed by atoms with van der Waals surface area (Å²) in [4.78, 5) is 12.0. The fraction of sp³-hybridized carbons (Fsp3) is 0.463. The molecule has 1 aliphatic rings.